The van der Waals surface area contributed by atoms with Crippen LogP contribution in [-0.4, -0.2) is 7.85 Å². The Balaban J connectivity index is 0.000000168. The summed E-state index contributed by atoms with van der Waals surface area (Å²) in [5.74, 6) is 0. The molecule has 0 aliphatic heterocycles. The summed E-state index contributed by atoms with van der Waals surface area (Å²) in [5.41, 5.74) is 12.3. The molecule has 0 aromatic heterocycles. The molecule has 0 aliphatic rings. The molecule has 1 nitrogen and oxygen atoms in total. The van der Waals surface area contributed by atoms with Crippen LogP contribution in [0.2, 0.25) is 0 Å². The number of hydrogen-bond acceptors (Lipinski definition) is 1. The molecule has 2 N–H and O–H groups in total. The molecule has 0 bridgehead atoms. The lowest BCUT2D eigenvalue weighted by atomic mass is 9.87. The maximum absolute atomic E-state index is 5.88. The summed E-state index contributed by atoms with van der Waals surface area (Å²) in [6, 6.07) is 28.2. The summed E-state index contributed by atoms with van der Waals surface area (Å²) < 4.78 is 0. The van der Waals surface area contributed by atoms with Crippen LogP contribution in [0.25, 0.3) is 32.3 Å². The minimum atomic E-state index is 0.944. The van der Waals surface area contributed by atoms with Crippen molar-refractivity contribution in [3.05, 3.63) is 95.6 Å². The van der Waals surface area contributed by atoms with E-state index in [4.69, 9.17) is 5.73 Å². The highest BCUT2D eigenvalue weighted by atomic mass is 14.6. The van der Waals surface area contributed by atoms with Crippen molar-refractivity contribution in [1.82, 2.24) is 0 Å². The molecule has 2 heteroatoms. The molecule has 0 unspecified atom stereocenters. The summed E-state index contributed by atoms with van der Waals surface area (Å²) in [6.07, 6.45) is 2.12. The van der Waals surface area contributed by atoms with Crippen LogP contribution in [0, 0.1) is 6.92 Å². The van der Waals surface area contributed by atoms with E-state index in [1.165, 1.54) is 54.5 Å². The second-order valence-electron chi connectivity index (χ2n) is 8.29. The van der Waals surface area contributed by atoms with Gasteiger partial charge in [0.15, 0.2) is 0 Å². The average Bonchev–Trinajstić information content (AvgIpc) is 2.79. The Hall–Kier alpha value is -3.26. The van der Waals surface area contributed by atoms with Gasteiger partial charge in [-0.2, -0.15) is 0 Å². The Kier molecular flexibility index (Phi) is 6.00. The molecule has 5 aromatic rings. The molecule has 0 amide bonds. The van der Waals surface area contributed by atoms with Gasteiger partial charge < -0.3 is 5.73 Å². The number of aryl methyl sites for hydroxylation is 1. The molecule has 0 heterocycles. The summed E-state index contributed by atoms with van der Waals surface area (Å²) in [7, 11) is 2.19. The van der Waals surface area contributed by atoms with Crippen molar-refractivity contribution >= 4 is 51.3 Å². The zero-order valence-electron chi connectivity index (χ0n) is 19.0. The molecule has 0 spiro atoms. The quantitative estimate of drug-likeness (QED) is 0.164. The fourth-order valence-electron chi connectivity index (χ4n) is 4.73. The Bertz CT molecular complexity index is 1360. The third kappa shape index (κ3) is 4.03. The molecule has 5 rings (SSSR count). The Morgan fingerprint density at radius 3 is 2.00 bits per heavy atom. The first-order valence-electron chi connectivity index (χ1n) is 11.2. The van der Waals surface area contributed by atoms with Gasteiger partial charge in [0.05, 0.1) is 0 Å². The number of nitrogens with two attached hydrogens (primary N) is 1. The van der Waals surface area contributed by atoms with Crippen molar-refractivity contribution in [3.63, 3.8) is 0 Å². The van der Waals surface area contributed by atoms with Crippen molar-refractivity contribution in [2.45, 2.75) is 33.6 Å². The Morgan fingerprint density at radius 2 is 1.32 bits per heavy atom. The lowest BCUT2D eigenvalue weighted by molar-refractivity contribution is 1.02. The fraction of sp³-hybridized carbons (Fsp3) is 0.172. The smallest absolute Gasteiger partial charge is 0.140 e. The number of fused-ring (bicyclic) bond motifs is 4. The molecule has 0 radical (unpaired) electrons. The number of anilines is 1. The Labute approximate surface area is 186 Å². The average molecular weight is 403 g/mol. The van der Waals surface area contributed by atoms with Crippen LogP contribution < -0.4 is 11.2 Å². The van der Waals surface area contributed by atoms with Gasteiger partial charge in [-0.05, 0) is 87.0 Å². The van der Waals surface area contributed by atoms with E-state index in [1.807, 2.05) is 6.07 Å². The van der Waals surface area contributed by atoms with Crippen LogP contribution in [0.3, 0.4) is 0 Å². The predicted octanol–water partition coefficient (Wildman–Crippen LogP) is 6.11. The zero-order valence-corrected chi connectivity index (χ0v) is 19.0. The van der Waals surface area contributed by atoms with Crippen LogP contribution >= 0.6 is 0 Å². The lowest BCUT2D eigenvalue weighted by Gasteiger charge is -2.11. The van der Waals surface area contributed by atoms with Crippen molar-refractivity contribution in [3.8, 4) is 0 Å². The molecule has 0 fully saturated rings. The summed E-state index contributed by atoms with van der Waals surface area (Å²) in [4.78, 5) is 0. The van der Waals surface area contributed by atoms with Crippen molar-refractivity contribution < 1.29 is 0 Å². The molecule has 5 aromatic carbocycles. The van der Waals surface area contributed by atoms with Crippen LogP contribution in [0.4, 0.5) is 5.69 Å². The van der Waals surface area contributed by atoms with E-state index in [9.17, 15) is 0 Å². The number of hydrogen-bond donors (Lipinski definition) is 1. The second kappa shape index (κ2) is 8.85. The van der Waals surface area contributed by atoms with E-state index >= 15 is 0 Å². The van der Waals surface area contributed by atoms with Gasteiger partial charge in [0.1, 0.15) is 7.85 Å². The summed E-state index contributed by atoms with van der Waals surface area (Å²) in [6.45, 7) is 6.49. The van der Waals surface area contributed by atoms with Crippen molar-refractivity contribution in [2.24, 2.45) is 0 Å². The molecule has 154 valence electrons. The first-order chi connectivity index (χ1) is 15.0. The van der Waals surface area contributed by atoms with E-state index < -0.39 is 0 Å². The van der Waals surface area contributed by atoms with Gasteiger partial charge in [-0.25, -0.2) is 0 Å². The molecule has 0 atom stereocenters. The van der Waals surface area contributed by atoms with E-state index in [-0.39, 0.29) is 0 Å². The van der Waals surface area contributed by atoms with E-state index in [2.05, 4.69) is 101 Å². The maximum Gasteiger partial charge on any atom is 0.140 e. The topological polar surface area (TPSA) is 26.0 Å². The standard InChI is InChI=1S/C18H13B.C11H17N/c19-17-7-3-6-12-8-9-15-10-13-4-1-2-5-14(13)11-16(15)18(12)17;1-4-9-8(3)6-7-11(12)10(9)5-2/h1-11H,19H2;6-7H,4-5,12H2,1-3H3. The van der Waals surface area contributed by atoms with E-state index in [1.54, 1.807) is 0 Å². The van der Waals surface area contributed by atoms with Crippen LogP contribution in [0.5, 0.6) is 0 Å². The molecular weight excluding hydrogens is 373 g/mol. The van der Waals surface area contributed by atoms with Crippen LogP contribution in [-0.2, 0) is 12.8 Å². The minimum Gasteiger partial charge on any atom is -0.398 e. The van der Waals surface area contributed by atoms with E-state index in [0.29, 0.717) is 0 Å². The largest absolute Gasteiger partial charge is 0.398 e. The monoisotopic (exact) mass is 403 g/mol. The van der Waals surface area contributed by atoms with Crippen molar-refractivity contribution in [2.75, 3.05) is 5.73 Å². The summed E-state index contributed by atoms with van der Waals surface area (Å²) >= 11 is 0. The van der Waals surface area contributed by atoms with Gasteiger partial charge in [0, 0.05) is 5.69 Å². The number of rotatable bonds is 2. The molecule has 0 saturated heterocycles. The Morgan fingerprint density at radius 1 is 0.677 bits per heavy atom. The van der Waals surface area contributed by atoms with Crippen molar-refractivity contribution in [1.29, 1.82) is 0 Å². The molecule has 31 heavy (non-hydrogen) atoms. The van der Waals surface area contributed by atoms with Gasteiger partial charge in [0.25, 0.3) is 0 Å². The highest BCUT2D eigenvalue weighted by Crippen LogP contribution is 2.28. The normalized spacial score (nSPS) is 10.9. The first kappa shape index (κ1) is 21.0. The summed E-state index contributed by atoms with van der Waals surface area (Å²) in [5, 5.41) is 8.00. The minimum absolute atomic E-state index is 0.944. The maximum atomic E-state index is 5.88. The predicted molar refractivity (Wildman–Crippen MR) is 141 cm³/mol. The van der Waals surface area contributed by atoms with Crippen LogP contribution in [0.1, 0.15) is 30.5 Å². The molecule has 0 saturated carbocycles. The zero-order chi connectivity index (χ0) is 22.0. The van der Waals surface area contributed by atoms with Gasteiger partial charge in [-0.3, -0.25) is 0 Å². The highest BCUT2D eigenvalue weighted by Gasteiger charge is 2.05. The van der Waals surface area contributed by atoms with Gasteiger partial charge >= 0.3 is 0 Å². The SMILES string of the molecule is Bc1cccc2ccc3cc4ccccc4cc3c12.CCc1c(C)ccc(N)c1CC. The van der Waals surface area contributed by atoms with Gasteiger partial charge in [-0.1, -0.05) is 80.0 Å². The van der Waals surface area contributed by atoms with E-state index in [0.717, 1.165) is 18.5 Å². The lowest BCUT2D eigenvalue weighted by Crippen LogP contribution is -2.03. The third-order valence-electron chi connectivity index (χ3n) is 6.34. The number of benzene rings is 5. The molecule has 0 aliphatic carbocycles. The second-order valence-corrected chi connectivity index (χ2v) is 8.29. The number of nitrogen functional groups attached to an aromatic ring is 1. The fourth-order valence-corrected chi connectivity index (χ4v) is 4.73. The third-order valence-corrected chi connectivity index (χ3v) is 6.34. The van der Waals surface area contributed by atoms with Crippen LogP contribution in [0.15, 0.2) is 78.9 Å². The van der Waals surface area contributed by atoms with Gasteiger partial charge in [-0.15, -0.1) is 0 Å². The molecular formula is C29H30BN. The highest BCUT2D eigenvalue weighted by molar-refractivity contribution is 6.41. The van der Waals surface area contributed by atoms with Gasteiger partial charge in [0.2, 0.25) is 0 Å². The first-order valence-corrected chi connectivity index (χ1v) is 11.2.